The summed E-state index contributed by atoms with van der Waals surface area (Å²) in [5.74, 6) is 0. The Hall–Kier alpha value is -1.33. The molecule has 0 fully saturated rings. The molecule has 2 aromatic rings. The van der Waals surface area contributed by atoms with Gasteiger partial charge in [-0.05, 0) is 30.7 Å². The average molecular weight is 252 g/mol. The normalized spacial score (nSPS) is 12.2. The van der Waals surface area contributed by atoms with Crippen LogP contribution < -0.4 is 5.73 Å². The second-order valence-electron chi connectivity index (χ2n) is 4.26. The Balaban J connectivity index is 2.67. The first kappa shape index (κ1) is 12.1. The molecule has 0 spiro atoms. The van der Waals surface area contributed by atoms with Gasteiger partial charge in [0.1, 0.15) is 0 Å². The van der Waals surface area contributed by atoms with Gasteiger partial charge in [-0.2, -0.15) is 0 Å². The molecule has 5 heteroatoms. The van der Waals surface area contributed by atoms with Crippen LogP contribution in [0.3, 0.4) is 0 Å². The number of aryl methyl sites for hydroxylation is 1. The summed E-state index contributed by atoms with van der Waals surface area (Å²) in [6.07, 6.45) is 4.02. The van der Waals surface area contributed by atoms with Crippen molar-refractivity contribution < 1.29 is 8.42 Å². The summed E-state index contributed by atoms with van der Waals surface area (Å²) in [4.78, 5) is 0.352. The van der Waals surface area contributed by atoms with E-state index in [-0.39, 0.29) is 0 Å². The number of fused-ring (bicyclic) bond motifs is 1. The van der Waals surface area contributed by atoms with E-state index in [1.165, 1.54) is 6.26 Å². The molecule has 0 radical (unpaired) electrons. The van der Waals surface area contributed by atoms with Crippen LogP contribution in [0.5, 0.6) is 0 Å². The van der Waals surface area contributed by atoms with Crippen molar-refractivity contribution >= 4 is 20.7 Å². The van der Waals surface area contributed by atoms with Crippen LogP contribution >= 0.6 is 0 Å². The molecule has 0 bridgehead atoms. The lowest BCUT2D eigenvalue weighted by molar-refractivity contribution is 0.602. The first-order valence-electron chi connectivity index (χ1n) is 5.41. The van der Waals surface area contributed by atoms with Crippen LogP contribution in [0.25, 0.3) is 10.9 Å². The number of hydrogen-bond donors (Lipinski definition) is 1. The smallest absolute Gasteiger partial charge is 0.175 e. The van der Waals surface area contributed by atoms with E-state index in [1.807, 2.05) is 23.9 Å². The van der Waals surface area contributed by atoms with Crippen LogP contribution in [0, 0.1) is 0 Å². The highest BCUT2D eigenvalue weighted by Crippen LogP contribution is 2.24. The summed E-state index contributed by atoms with van der Waals surface area (Å²) in [6, 6.07) is 5.22. The van der Waals surface area contributed by atoms with Crippen LogP contribution in [-0.2, 0) is 23.3 Å². The lowest BCUT2D eigenvalue weighted by atomic mass is 10.1. The van der Waals surface area contributed by atoms with Gasteiger partial charge in [-0.15, -0.1) is 0 Å². The van der Waals surface area contributed by atoms with E-state index in [9.17, 15) is 8.42 Å². The molecule has 0 unspecified atom stereocenters. The molecule has 1 aromatic carbocycles. The molecular weight excluding hydrogens is 236 g/mol. The number of sulfone groups is 1. The molecule has 1 aromatic heterocycles. The van der Waals surface area contributed by atoms with Crippen LogP contribution in [0.1, 0.15) is 5.56 Å². The van der Waals surface area contributed by atoms with Crippen LogP contribution in [0.15, 0.2) is 29.3 Å². The quantitative estimate of drug-likeness (QED) is 0.889. The molecule has 92 valence electrons. The van der Waals surface area contributed by atoms with Gasteiger partial charge in [0.25, 0.3) is 0 Å². The molecule has 0 saturated heterocycles. The predicted molar refractivity (Wildman–Crippen MR) is 68.8 cm³/mol. The SMILES string of the molecule is Cn1cc(CCN)c2ccc(S(C)(=O)=O)cc21. The van der Waals surface area contributed by atoms with E-state index in [0.717, 1.165) is 22.9 Å². The van der Waals surface area contributed by atoms with Crippen LogP contribution in [0.4, 0.5) is 0 Å². The minimum absolute atomic E-state index is 0.352. The lowest BCUT2D eigenvalue weighted by Crippen LogP contribution is -2.02. The van der Waals surface area contributed by atoms with E-state index < -0.39 is 9.84 Å². The summed E-state index contributed by atoms with van der Waals surface area (Å²) < 4.78 is 24.9. The van der Waals surface area contributed by atoms with Crippen molar-refractivity contribution in [1.29, 1.82) is 0 Å². The van der Waals surface area contributed by atoms with Crippen molar-refractivity contribution in [3.63, 3.8) is 0 Å². The maximum absolute atomic E-state index is 11.5. The number of aromatic nitrogens is 1. The van der Waals surface area contributed by atoms with Gasteiger partial charge in [-0.25, -0.2) is 8.42 Å². The summed E-state index contributed by atoms with van der Waals surface area (Å²) in [5.41, 5.74) is 7.64. The summed E-state index contributed by atoms with van der Waals surface area (Å²) in [6.45, 7) is 0.590. The van der Waals surface area contributed by atoms with E-state index in [1.54, 1.807) is 12.1 Å². The minimum atomic E-state index is -3.15. The Labute approximate surface area is 101 Å². The molecule has 0 aliphatic carbocycles. The monoisotopic (exact) mass is 252 g/mol. The standard InChI is InChI=1S/C12H16N2O2S/c1-14-8-9(5-6-13)11-4-3-10(7-12(11)14)17(2,15)16/h3-4,7-8H,5-6,13H2,1-2H3. The molecule has 2 rings (SSSR count). The molecule has 17 heavy (non-hydrogen) atoms. The molecule has 1 heterocycles. The van der Waals surface area contributed by atoms with Gasteiger partial charge < -0.3 is 10.3 Å². The lowest BCUT2D eigenvalue weighted by Gasteiger charge is -2.01. The van der Waals surface area contributed by atoms with E-state index in [0.29, 0.717) is 11.4 Å². The highest BCUT2D eigenvalue weighted by atomic mass is 32.2. The van der Waals surface area contributed by atoms with E-state index in [2.05, 4.69) is 0 Å². The molecule has 2 N–H and O–H groups in total. The fourth-order valence-electron chi connectivity index (χ4n) is 2.03. The highest BCUT2D eigenvalue weighted by Gasteiger charge is 2.11. The maximum Gasteiger partial charge on any atom is 0.175 e. The van der Waals surface area contributed by atoms with Crippen molar-refractivity contribution in [2.75, 3.05) is 12.8 Å². The molecule has 0 aliphatic rings. The Bertz CT molecular complexity index is 656. The number of nitrogens with two attached hydrogens (primary N) is 1. The zero-order valence-corrected chi connectivity index (χ0v) is 10.8. The van der Waals surface area contributed by atoms with Gasteiger partial charge in [0.05, 0.1) is 4.90 Å². The van der Waals surface area contributed by atoms with Gasteiger partial charge in [0.15, 0.2) is 9.84 Å². The zero-order valence-electron chi connectivity index (χ0n) is 9.97. The number of nitrogens with zero attached hydrogens (tertiary/aromatic N) is 1. The summed E-state index contributed by atoms with van der Waals surface area (Å²) in [5, 5.41) is 1.07. The highest BCUT2D eigenvalue weighted by molar-refractivity contribution is 7.90. The van der Waals surface area contributed by atoms with Gasteiger partial charge in [-0.3, -0.25) is 0 Å². The van der Waals surface area contributed by atoms with Crippen molar-refractivity contribution in [2.45, 2.75) is 11.3 Å². The molecular formula is C12H16N2O2S. The van der Waals surface area contributed by atoms with Crippen LogP contribution in [-0.4, -0.2) is 25.8 Å². The Morgan fingerprint density at radius 3 is 2.65 bits per heavy atom. The fourth-order valence-corrected chi connectivity index (χ4v) is 2.67. The fraction of sp³-hybridized carbons (Fsp3) is 0.333. The third-order valence-corrected chi connectivity index (χ3v) is 4.00. The maximum atomic E-state index is 11.5. The largest absolute Gasteiger partial charge is 0.350 e. The summed E-state index contributed by atoms with van der Waals surface area (Å²) >= 11 is 0. The second-order valence-corrected chi connectivity index (χ2v) is 6.27. The minimum Gasteiger partial charge on any atom is -0.350 e. The third kappa shape index (κ3) is 2.21. The van der Waals surface area contributed by atoms with E-state index in [4.69, 9.17) is 5.73 Å². The number of hydrogen-bond acceptors (Lipinski definition) is 3. The summed E-state index contributed by atoms with van der Waals surface area (Å²) in [7, 11) is -1.24. The third-order valence-electron chi connectivity index (χ3n) is 2.89. The van der Waals surface area contributed by atoms with Crippen molar-refractivity contribution in [3.05, 3.63) is 30.0 Å². The molecule has 0 saturated carbocycles. The average Bonchev–Trinajstić information content (AvgIpc) is 2.55. The first-order valence-corrected chi connectivity index (χ1v) is 7.30. The Kier molecular flexibility index (Phi) is 2.97. The van der Waals surface area contributed by atoms with Crippen molar-refractivity contribution in [3.8, 4) is 0 Å². The molecule has 4 nitrogen and oxygen atoms in total. The van der Waals surface area contributed by atoms with Gasteiger partial charge >= 0.3 is 0 Å². The zero-order chi connectivity index (χ0) is 12.6. The predicted octanol–water partition coefficient (Wildman–Crippen LogP) is 1.08. The van der Waals surface area contributed by atoms with Crippen LogP contribution in [0.2, 0.25) is 0 Å². The molecule has 0 aliphatic heterocycles. The van der Waals surface area contributed by atoms with Gasteiger partial charge in [0, 0.05) is 30.4 Å². The van der Waals surface area contributed by atoms with E-state index >= 15 is 0 Å². The van der Waals surface area contributed by atoms with Gasteiger partial charge in [-0.1, -0.05) is 6.07 Å². The molecule has 0 amide bonds. The Morgan fingerprint density at radius 2 is 2.06 bits per heavy atom. The number of rotatable bonds is 3. The van der Waals surface area contributed by atoms with Crippen molar-refractivity contribution in [2.24, 2.45) is 12.8 Å². The van der Waals surface area contributed by atoms with Crippen molar-refractivity contribution in [1.82, 2.24) is 4.57 Å². The number of benzene rings is 1. The first-order chi connectivity index (χ1) is 7.93. The second kappa shape index (κ2) is 4.16. The Morgan fingerprint density at radius 1 is 1.35 bits per heavy atom. The van der Waals surface area contributed by atoms with Gasteiger partial charge in [0.2, 0.25) is 0 Å². The molecule has 0 atom stereocenters. The topological polar surface area (TPSA) is 65.1 Å².